The van der Waals surface area contributed by atoms with Crippen molar-refractivity contribution in [2.45, 2.75) is 0 Å². The number of rotatable bonds is 0. The summed E-state index contributed by atoms with van der Waals surface area (Å²) in [4.78, 5) is 7.07. The van der Waals surface area contributed by atoms with Crippen LogP contribution in [0.5, 0.6) is 0 Å². The van der Waals surface area contributed by atoms with E-state index in [1.807, 2.05) is 24.3 Å². The predicted molar refractivity (Wildman–Crippen MR) is 51.3 cm³/mol. The number of aromatic amines is 1. The lowest BCUT2D eigenvalue weighted by Crippen LogP contribution is -1.70. The average Bonchev–Trinajstić information content (AvgIpc) is 2.56. The maximum atomic E-state index is 3.83. The third-order valence-corrected chi connectivity index (χ3v) is 2.19. The zero-order valence-corrected chi connectivity index (χ0v) is 6.83. The molecule has 60 valence electrons. The summed E-state index contributed by atoms with van der Waals surface area (Å²) >= 11 is 0. The van der Waals surface area contributed by atoms with Crippen molar-refractivity contribution in [1.29, 1.82) is 0 Å². The maximum Gasteiger partial charge on any atom is 0.116 e. The van der Waals surface area contributed by atoms with E-state index in [1.165, 1.54) is 5.39 Å². The molecule has 2 aromatic heterocycles. The van der Waals surface area contributed by atoms with Crippen LogP contribution in [0.4, 0.5) is 0 Å². The van der Waals surface area contributed by atoms with Crippen molar-refractivity contribution in [2.75, 3.05) is 0 Å². The van der Waals surface area contributed by atoms with Gasteiger partial charge in [0.25, 0.3) is 0 Å². The van der Waals surface area contributed by atoms with E-state index in [9.17, 15) is 0 Å². The van der Waals surface area contributed by atoms with E-state index in [1.54, 1.807) is 0 Å². The highest BCUT2D eigenvalue weighted by molar-refractivity contribution is 6.06. The number of nitrogens with zero attached hydrogens (tertiary/aromatic N) is 1. The van der Waals surface area contributed by atoms with Gasteiger partial charge in [0.1, 0.15) is 6.20 Å². The molecule has 1 aromatic carbocycles. The fraction of sp³-hybridized carbons (Fsp3) is 0. The summed E-state index contributed by atoms with van der Waals surface area (Å²) < 4.78 is 0. The number of benzene rings is 1. The van der Waals surface area contributed by atoms with Gasteiger partial charge in [-0.1, -0.05) is 18.2 Å². The molecule has 0 atom stereocenters. The van der Waals surface area contributed by atoms with Gasteiger partial charge in [0, 0.05) is 16.3 Å². The molecule has 0 aliphatic heterocycles. The van der Waals surface area contributed by atoms with E-state index in [2.05, 4.69) is 28.4 Å². The van der Waals surface area contributed by atoms with Gasteiger partial charge in [-0.05, 0) is 12.1 Å². The minimum Gasteiger partial charge on any atom is -0.353 e. The maximum absolute atomic E-state index is 3.83. The van der Waals surface area contributed by atoms with Gasteiger partial charge in [0.2, 0.25) is 0 Å². The molecule has 13 heavy (non-hydrogen) atoms. The van der Waals surface area contributed by atoms with E-state index in [-0.39, 0.29) is 0 Å². The Bertz CT molecular complexity index is 516. The van der Waals surface area contributed by atoms with Crippen LogP contribution in [-0.4, -0.2) is 9.97 Å². The van der Waals surface area contributed by atoms with Crippen LogP contribution in [0.15, 0.2) is 30.3 Å². The largest absolute Gasteiger partial charge is 0.353 e. The van der Waals surface area contributed by atoms with Crippen molar-refractivity contribution in [3.05, 3.63) is 42.7 Å². The Labute approximate surface area is 75.2 Å². The van der Waals surface area contributed by atoms with Gasteiger partial charge in [-0.25, -0.2) is 4.98 Å². The lowest BCUT2D eigenvalue weighted by Gasteiger charge is -1.86. The number of pyridine rings is 1. The zero-order chi connectivity index (χ0) is 8.67. The molecular weight excluding hydrogens is 160 g/mol. The van der Waals surface area contributed by atoms with Gasteiger partial charge in [-0.2, -0.15) is 0 Å². The second-order valence-electron chi connectivity index (χ2n) is 2.96. The first-order valence-corrected chi connectivity index (χ1v) is 4.10. The minimum absolute atomic E-state index is 0.944. The summed E-state index contributed by atoms with van der Waals surface area (Å²) in [5.41, 5.74) is 2.06. The van der Waals surface area contributed by atoms with E-state index in [0.717, 1.165) is 16.4 Å². The SMILES string of the molecule is [c]1cc2c([c]n1)[nH]c1ccccc12. The lowest BCUT2D eigenvalue weighted by molar-refractivity contribution is 1.32. The van der Waals surface area contributed by atoms with Gasteiger partial charge >= 0.3 is 0 Å². The quantitative estimate of drug-likeness (QED) is 0.545. The molecular formula is C11H6N2. The number of fused-ring (bicyclic) bond motifs is 3. The summed E-state index contributed by atoms with van der Waals surface area (Å²) in [6.07, 6.45) is 5.67. The number of aromatic nitrogens is 2. The van der Waals surface area contributed by atoms with E-state index in [4.69, 9.17) is 0 Å². The van der Waals surface area contributed by atoms with Crippen LogP contribution >= 0.6 is 0 Å². The zero-order valence-electron chi connectivity index (χ0n) is 6.83. The smallest absolute Gasteiger partial charge is 0.116 e. The molecule has 0 fully saturated rings. The highest BCUT2D eigenvalue weighted by Crippen LogP contribution is 2.22. The molecule has 0 aliphatic rings. The molecule has 2 radical (unpaired) electrons. The van der Waals surface area contributed by atoms with Crippen LogP contribution < -0.4 is 0 Å². The van der Waals surface area contributed by atoms with Crippen molar-refractivity contribution in [3.63, 3.8) is 0 Å². The van der Waals surface area contributed by atoms with Gasteiger partial charge in [0.15, 0.2) is 0 Å². The second-order valence-corrected chi connectivity index (χ2v) is 2.96. The van der Waals surface area contributed by atoms with Crippen LogP contribution in [0.3, 0.4) is 0 Å². The van der Waals surface area contributed by atoms with Gasteiger partial charge in [-0.3, -0.25) is 0 Å². The molecule has 1 N–H and O–H groups in total. The first kappa shape index (κ1) is 6.66. The van der Waals surface area contributed by atoms with Crippen LogP contribution in [0.1, 0.15) is 0 Å². The topological polar surface area (TPSA) is 28.7 Å². The fourth-order valence-electron chi connectivity index (χ4n) is 1.59. The minimum atomic E-state index is 0.944. The normalized spacial score (nSPS) is 11.1. The number of para-hydroxylation sites is 1. The molecule has 3 rings (SSSR count). The van der Waals surface area contributed by atoms with Crippen molar-refractivity contribution in [2.24, 2.45) is 0 Å². The molecule has 2 nitrogen and oxygen atoms in total. The summed E-state index contributed by atoms with van der Waals surface area (Å²) in [6, 6.07) is 10.0. The van der Waals surface area contributed by atoms with Crippen molar-refractivity contribution < 1.29 is 0 Å². The average molecular weight is 166 g/mol. The number of hydrogen-bond acceptors (Lipinski definition) is 1. The Morgan fingerprint density at radius 1 is 1.15 bits per heavy atom. The molecule has 0 amide bonds. The van der Waals surface area contributed by atoms with Crippen LogP contribution in [0.25, 0.3) is 21.8 Å². The van der Waals surface area contributed by atoms with E-state index in [0.29, 0.717) is 0 Å². The van der Waals surface area contributed by atoms with Gasteiger partial charge in [0.05, 0.1) is 11.7 Å². The summed E-state index contributed by atoms with van der Waals surface area (Å²) in [5, 5.41) is 2.33. The summed E-state index contributed by atoms with van der Waals surface area (Å²) in [6.45, 7) is 0. The van der Waals surface area contributed by atoms with Gasteiger partial charge < -0.3 is 4.98 Å². The fourth-order valence-corrected chi connectivity index (χ4v) is 1.59. The van der Waals surface area contributed by atoms with Crippen LogP contribution in [0, 0.1) is 12.4 Å². The summed E-state index contributed by atoms with van der Waals surface area (Å²) in [5.74, 6) is 0. The summed E-state index contributed by atoms with van der Waals surface area (Å²) in [7, 11) is 0. The molecule has 0 aliphatic carbocycles. The Morgan fingerprint density at radius 3 is 3.08 bits per heavy atom. The Morgan fingerprint density at radius 2 is 2.08 bits per heavy atom. The Balaban J connectivity index is 2.64. The van der Waals surface area contributed by atoms with E-state index < -0.39 is 0 Å². The Kier molecular flexibility index (Phi) is 1.19. The molecule has 0 saturated carbocycles. The lowest BCUT2D eigenvalue weighted by atomic mass is 10.2. The molecule has 0 bridgehead atoms. The highest BCUT2D eigenvalue weighted by atomic mass is 14.7. The molecule has 0 spiro atoms. The molecule has 2 heterocycles. The first-order chi connectivity index (χ1) is 6.45. The molecule has 0 saturated heterocycles. The highest BCUT2D eigenvalue weighted by Gasteiger charge is 2.01. The molecule has 0 unspecified atom stereocenters. The van der Waals surface area contributed by atoms with Crippen LogP contribution in [0.2, 0.25) is 0 Å². The van der Waals surface area contributed by atoms with Crippen molar-refractivity contribution in [3.8, 4) is 0 Å². The molecule has 2 heteroatoms. The molecule has 3 aromatic rings. The standard InChI is InChI=1S/C11H6N2/c1-2-4-10-8(3-1)9-5-6-12-7-11(9)13-10/h1-5,13H. The van der Waals surface area contributed by atoms with Gasteiger partial charge in [-0.15, -0.1) is 0 Å². The van der Waals surface area contributed by atoms with E-state index >= 15 is 0 Å². The number of H-pyrrole nitrogens is 1. The number of hydrogen-bond donors (Lipinski definition) is 1. The van der Waals surface area contributed by atoms with Crippen molar-refractivity contribution >= 4 is 21.8 Å². The van der Waals surface area contributed by atoms with Crippen molar-refractivity contribution in [1.82, 2.24) is 9.97 Å². The second kappa shape index (κ2) is 2.33. The first-order valence-electron chi connectivity index (χ1n) is 4.10. The number of nitrogens with one attached hydrogen (secondary N) is 1. The van der Waals surface area contributed by atoms with Crippen LogP contribution in [-0.2, 0) is 0 Å². The third-order valence-electron chi connectivity index (χ3n) is 2.19. The monoisotopic (exact) mass is 166 g/mol. The Hall–Kier alpha value is -1.83. The predicted octanol–water partition coefficient (Wildman–Crippen LogP) is 2.32. The third kappa shape index (κ3) is 0.855.